The van der Waals surface area contributed by atoms with Crippen LogP contribution in [0.25, 0.3) is 0 Å². The Bertz CT molecular complexity index is 1010. The Morgan fingerprint density at radius 1 is 1.03 bits per heavy atom. The Kier molecular flexibility index (Phi) is 6.39. The van der Waals surface area contributed by atoms with Crippen LogP contribution in [0.5, 0.6) is 17.2 Å². The minimum absolute atomic E-state index is 0.176. The minimum Gasteiger partial charge on any atom is -0.493 e. The molecule has 31 heavy (non-hydrogen) atoms. The number of nitrogens with zero attached hydrogens (tertiary/aromatic N) is 3. The molecular weight excluding hydrogens is 398 g/mol. The first-order valence-corrected chi connectivity index (χ1v) is 10.2. The lowest BCUT2D eigenvalue weighted by Gasteiger charge is -2.23. The van der Waals surface area contributed by atoms with Crippen molar-refractivity contribution in [2.45, 2.75) is 31.5 Å². The van der Waals surface area contributed by atoms with E-state index in [-0.39, 0.29) is 6.04 Å². The Morgan fingerprint density at radius 3 is 2.52 bits per heavy atom. The number of aliphatic hydroxyl groups excluding tert-OH is 1. The van der Waals surface area contributed by atoms with Crippen LogP contribution in [0.3, 0.4) is 0 Å². The summed E-state index contributed by atoms with van der Waals surface area (Å²) in [5, 5.41) is 14.5. The van der Waals surface area contributed by atoms with Crippen molar-refractivity contribution in [3.05, 3.63) is 65.3 Å². The van der Waals surface area contributed by atoms with Crippen LogP contribution >= 0.6 is 0 Å². The molecule has 0 spiro atoms. The summed E-state index contributed by atoms with van der Waals surface area (Å²) in [6, 6.07) is 13.6. The van der Waals surface area contributed by atoms with Gasteiger partial charge < -0.3 is 23.8 Å². The molecule has 0 radical (unpaired) electrons. The monoisotopic (exact) mass is 425 g/mol. The molecule has 8 heteroatoms. The molecule has 2 heterocycles. The van der Waals surface area contributed by atoms with Crippen molar-refractivity contribution in [1.29, 1.82) is 0 Å². The van der Waals surface area contributed by atoms with E-state index in [9.17, 15) is 5.11 Å². The maximum absolute atomic E-state index is 10.4. The lowest BCUT2D eigenvalue weighted by molar-refractivity contribution is 0.168. The molecule has 1 fully saturated rings. The first-order chi connectivity index (χ1) is 15.1. The minimum atomic E-state index is -0.472. The summed E-state index contributed by atoms with van der Waals surface area (Å²) in [6.07, 6.45) is 0.659. The van der Waals surface area contributed by atoms with Gasteiger partial charge in [-0.25, -0.2) is 0 Å². The molecule has 4 rings (SSSR count). The van der Waals surface area contributed by atoms with Crippen molar-refractivity contribution in [1.82, 2.24) is 15.0 Å². The molecule has 0 saturated carbocycles. The molecule has 2 atom stereocenters. The third-order valence-electron chi connectivity index (χ3n) is 5.51. The topological polar surface area (TPSA) is 90.1 Å². The number of ether oxygens (including phenoxy) is 3. The summed E-state index contributed by atoms with van der Waals surface area (Å²) in [6.45, 7) is 1.03. The van der Waals surface area contributed by atoms with Crippen molar-refractivity contribution in [2.24, 2.45) is 0 Å². The molecule has 1 aliphatic heterocycles. The van der Waals surface area contributed by atoms with E-state index in [2.05, 4.69) is 15.0 Å². The van der Waals surface area contributed by atoms with Gasteiger partial charge in [0.05, 0.1) is 33.5 Å². The summed E-state index contributed by atoms with van der Waals surface area (Å²) >= 11 is 0. The number of likely N-dealkylation sites (tertiary alicyclic amines) is 1. The van der Waals surface area contributed by atoms with E-state index in [4.69, 9.17) is 18.7 Å². The molecule has 164 valence electrons. The highest BCUT2D eigenvalue weighted by molar-refractivity contribution is 5.55. The fourth-order valence-electron chi connectivity index (χ4n) is 4.07. The summed E-state index contributed by atoms with van der Waals surface area (Å²) in [7, 11) is 4.77. The van der Waals surface area contributed by atoms with Crippen LogP contribution in [-0.4, -0.2) is 54.1 Å². The summed E-state index contributed by atoms with van der Waals surface area (Å²) in [4.78, 5) is 6.73. The highest BCUT2D eigenvalue weighted by atomic mass is 16.5. The highest BCUT2D eigenvalue weighted by Gasteiger charge is 2.36. The number of methoxy groups -OCH3 is 3. The van der Waals surface area contributed by atoms with Gasteiger partial charge in [-0.05, 0) is 18.1 Å². The molecule has 1 saturated heterocycles. The zero-order valence-corrected chi connectivity index (χ0v) is 17.9. The van der Waals surface area contributed by atoms with Gasteiger partial charge in [-0.2, -0.15) is 4.98 Å². The molecule has 8 nitrogen and oxygen atoms in total. The highest BCUT2D eigenvalue weighted by Crippen LogP contribution is 2.42. The number of β-amino-alcohol motifs (C(OH)–C–C–N with tert-alkyl or cyclic N) is 1. The average molecular weight is 425 g/mol. The van der Waals surface area contributed by atoms with Gasteiger partial charge in [0.15, 0.2) is 17.3 Å². The van der Waals surface area contributed by atoms with Crippen LogP contribution in [0.1, 0.15) is 35.3 Å². The first kappa shape index (κ1) is 21.1. The number of rotatable bonds is 8. The van der Waals surface area contributed by atoms with Gasteiger partial charge in [-0.1, -0.05) is 41.6 Å². The fraction of sp³-hybridized carbons (Fsp3) is 0.391. The number of aromatic nitrogens is 2. The summed E-state index contributed by atoms with van der Waals surface area (Å²) in [5.74, 6) is 2.90. The zero-order valence-electron chi connectivity index (χ0n) is 17.9. The molecule has 1 aromatic heterocycles. The van der Waals surface area contributed by atoms with E-state index in [0.717, 1.165) is 11.1 Å². The summed E-state index contributed by atoms with van der Waals surface area (Å²) < 4.78 is 22.1. The van der Waals surface area contributed by atoms with Crippen LogP contribution in [0.2, 0.25) is 0 Å². The maximum atomic E-state index is 10.4. The Balaban J connectivity index is 1.56. The first-order valence-electron chi connectivity index (χ1n) is 10.2. The van der Waals surface area contributed by atoms with Gasteiger partial charge in [-0.3, -0.25) is 4.90 Å². The number of hydrogen-bond acceptors (Lipinski definition) is 8. The van der Waals surface area contributed by atoms with Crippen molar-refractivity contribution in [3.8, 4) is 17.2 Å². The molecule has 2 unspecified atom stereocenters. The van der Waals surface area contributed by atoms with Gasteiger partial charge in [-0.15, -0.1) is 0 Å². The van der Waals surface area contributed by atoms with Gasteiger partial charge in [0.1, 0.15) is 0 Å². The smallest absolute Gasteiger partial charge is 0.244 e. The number of benzene rings is 2. The van der Waals surface area contributed by atoms with Gasteiger partial charge in [0.2, 0.25) is 11.6 Å². The fourth-order valence-corrected chi connectivity index (χ4v) is 4.07. The normalized spacial score (nSPS) is 18.8. The zero-order chi connectivity index (χ0) is 21.8. The predicted octanol–water partition coefficient (Wildman–Crippen LogP) is 2.99. The lowest BCUT2D eigenvalue weighted by Crippen LogP contribution is -2.25. The Hall–Kier alpha value is -3.10. The summed E-state index contributed by atoms with van der Waals surface area (Å²) in [5.41, 5.74) is 2.04. The van der Waals surface area contributed by atoms with Crippen molar-refractivity contribution in [2.75, 3.05) is 27.9 Å². The number of hydrogen-bond donors (Lipinski definition) is 1. The van der Waals surface area contributed by atoms with Crippen LogP contribution < -0.4 is 14.2 Å². The van der Waals surface area contributed by atoms with Gasteiger partial charge in [0.25, 0.3) is 0 Å². The van der Waals surface area contributed by atoms with Gasteiger partial charge in [0, 0.05) is 25.1 Å². The van der Waals surface area contributed by atoms with Crippen LogP contribution in [0, 0.1) is 0 Å². The van der Waals surface area contributed by atoms with Crippen molar-refractivity contribution >= 4 is 0 Å². The van der Waals surface area contributed by atoms with Crippen LogP contribution in [0.4, 0.5) is 0 Å². The lowest BCUT2D eigenvalue weighted by atomic mass is 10.1. The van der Waals surface area contributed by atoms with E-state index in [1.807, 2.05) is 42.5 Å². The number of aliphatic hydroxyl groups is 1. The largest absolute Gasteiger partial charge is 0.493 e. The van der Waals surface area contributed by atoms with E-state index in [1.165, 1.54) is 0 Å². The molecule has 3 aromatic rings. The molecule has 1 aliphatic rings. The third kappa shape index (κ3) is 4.50. The Labute approximate surface area is 181 Å². The predicted molar refractivity (Wildman–Crippen MR) is 113 cm³/mol. The van der Waals surface area contributed by atoms with Crippen molar-refractivity contribution < 1.29 is 23.8 Å². The molecule has 0 bridgehead atoms. The van der Waals surface area contributed by atoms with Gasteiger partial charge >= 0.3 is 0 Å². The molecule has 0 aliphatic carbocycles. The quantitative estimate of drug-likeness (QED) is 0.589. The molecule has 2 aromatic carbocycles. The standard InChI is InChI=1S/C23H27N3O5/c1-28-19-10-9-16(21(29-2)22(19)30-3)13-26-14-17(27)12-18(26)23-24-20(25-31-23)11-15-7-5-4-6-8-15/h4-10,17-18,27H,11-14H2,1-3H3. The van der Waals surface area contributed by atoms with E-state index in [1.54, 1.807) is 21.3 Å². The van der Waals surface area contributed by atoms with Crippen LogP contribution in [-0.2, 0) is 13.0 Å². The molecule has 1 N–H and O–H groups in total. The maximum Gasteiger partial charge on any atom is 0.244 e. The Morgan fingerprint density at radius 2 is 1.81 bits per heavy atom. The second-order valence-corrected chi connectivity index (χ2v) is 7.54. The second-order valence-electron chi connectivity index (χ2n) is 7.54. The SMILES string of the molecule is COc1ccc(CN2CC(O)CC2c2nc(Cc3ccccc3)no2)c(OC)c1OC. The average Bonchev–Trinajstić information content (AvgIpc) is 3.39. The second kappa shape index (κ2) is 9.36. The van der Waals surface area contributed by atoms with Crippen LogP contribution in [0.15, 0.2) is 47.0 Å². The van der Waals surface area contributed by atoms with E-state index >= 15 is 0 Å². The third-order valence-corrected chi connectivity index (χ3v) is 5.51. The molecular formula is C23H27N3O5. The van der Waals surface area contributed by atoms with E-state index in [0.29, 0.717) is 54.9 Å². The molecule has 0 amide bonds. The van der Waals surface area contributed by atoms with E-state index < -0.39 is 6.10 Å². The van der Waals surface area contributed by atoms with Crippen molar-refractivity contribution in [3.63, 3.8) is 0 Å².